The lowest BCUT2D eigenvalue weighted by molar-refractivity contribution is 0.340. The molecule has 22 heavy (non-hydrogen) atoms. The molecule has 1 heterocycles. The van der Waals surface area contributed by atoms with Crippen LogP contribution in [0.5, 0.6) is 5.75 Å². The molecular weight excluding hydrogens is 294 g/mol. The van der Waals surface area contributed by atoms with Crippen LogP contribution >= 0.6 is 11.3 Å². The Morgan fingerprint density at radius 1 is 1.14 bits per heavy atom. The standard InChI is InChI=1S/C17H17N3OS/c1-3-21-15-10-6-4-8-13(15)12-18-19-17-20(2)14-9-5-7-11-16(14)22-17/h4-12H,3H2,1-2H3/b18-12+,19-17+. The first kappa shape index (κ1) is 14.5. The van der Waals surface area contributed by atoms with Crippen LogP contribution in [0.1, 0.15) is 12.5 Å². The topological polar surface area (TPSA) is 38.9 Å². The van der Waals surface area contributed by atoms with Crippen LogP contribution in [0, 0.1) is 0 Å². The summed E-state index contributed by atoms with van der Waals surface area (Å²) < 4.78 is 8.83. The lowest BCUT2D eigenvalue weighted by Gasteiger charge is -2.04. The maximum atomic E-state index is 5.58. The molecule has 0 aliphatic rings. The lowest BCUT2D eigenvalue weighted by Crippen LogP contribution is -2.08. The highest BCUT2D eigenvalue weighted by Gasteiger charge is 2.01. The number of hydrogen-bond acceptors (Lipinski definition) is 4. The van der Waals surface area contributed by atoms with Gasteiger partial charge in [0.15, 0.2) is 0 Å². The molecular formula is C17H17N3OS. The second-order valence-corrected chi connectivity index (χ2v) is 5.74. The molecule has 0 spiro atoms. The molecule has 3 aromatic rings. The van der Waals surface area contributed by atoms with Gasteiger partial charge in [-0.15, -0.1) is 5.10 Å². The van der Waals surface area contributed by atoms with Crippen LogP contribution in [0.3, 0.4) is 0 Å². The summed E-state index contributed by atoms with van der Waals surface area (Å²) in [5, 5.41) is 8.56. The van der Waals surface area contributed by atoms with E-state index in [0.717, 1.165) is 21.6 Å². The zero-order valence-electron chi connectivity index (χ0n) is 12.6. The summed E-state index contributed by atoms with van der Waals surface area (Å²) >= 11 is 1.62. The van der Waals surface area contributed by atoms with E-state index in [-0.39, 0.29) is 0 Å². The van der Waals surface area contributed by atoms with Crippen molar-refractivity contribution in [1.29, 1.82) is 0 Å². The first-order valence-electron chi connectivity index (χ1n) is 7.13. The summed E-state index contributed by atoms with van der Waals surface area (Å²) in [4.78, 5) is 0.867. The molecule has 0 N–H and O–H groups in total. The van der Waals surface area contributed by atoms with Crippen LogP contribution in [0.25, 0.3) is 10.2 Å². The van der Waals surface area contributed by atoms with E-state index in [1.807, 2.05) is 54.9 Å². The molecule has 0 aliphatic carbocycles. The molecule has 0 saturated carbocycles. The number of thiazole rings is 1. The van der Waals surface area contributed by atoms with E-state index in [4.69, 9.17) is 4.74 Å². The van der Waals surface area contributed by atoms with Gasteiger partial charge >= 0.3 is 0 Å². The van der Waals surface area contributed by atoms with E-state index < -0.39 is 0 Å². The van der Waals surface area contributed by atoms with E-state index in [9.17, 15) is 0 Å². The minimum Gasteiger partial charge on any atom is -0.493 e. The Bertz CT molecular complexity index is 877. The Labute approximate surface area is 133 Å². The van der Waals surface area contributed by atoms with Gasteiger partial charge < -0.3 is 9.30 Å². The molecule has 3 rings (SSSR count). The summed E-state index contributed by atoms with van der Waals surface area (Å²) in [6.45, 7) is 2.60. The predicted molar refractivity (Wildman–Crippen MR) is 91.6 cm³/mol. The van der Waals surface area contributed by atoms with Gasteiger partial charge in [-0.2, -0.15) is 5.10 Å². The third-order valence-corrected chi connectivity index (χ3v) is 4.38. The van der Waals surface area contributed by atoms with Gasteiger partial charge in [0.2, 0.25) is 4.80 Å². The lowest BCUT2D eigenvalue weighted by atomic mass is 10.2. The van der Waals surface area contributed by atoms with Crippen molar-refractivity contribution in [3.05, 3.63) is 58.9 Å². The maximum absolute atomic E-state index is 5.58. The fraction of sp³-hybridized carbons (Fsp3) is 0.176. The molecule has 0 saturated heterocycles. The van der Waals surface area contributed by atoms with Crippen LogP contribution in [0.15, 0.2) is 58.7 Å². The minimum absolute atomic E-state index is 0.632. The molecule has 0 atom stereocenters. The van der Waals surface area contributed by atoms with Gasteiger partial charge in [-0.25, -0.2) is 0 Å². The van der Waals surface area contributed by atoms with Gasteiger partial charge in [-0.1, -0.05) is 35.6 Å². The van der Waals surface area contributed by atoms with Crippen molar-refractivity contribution in [1.82, 2.24) is 4.57 Å². The van der Waals surface area contributed by atoms with Crippen molar-refractivity contribution < 1.29 is 4.74 Å². The van der Waals surface area contributed by atoms with Crippen molar-refractivity contribution in [2.75, 3.05) is 6.61 Å². The van der Waals surface area contributed by atoms with Crippen molar-refractivity contribution in [3.8, 4) is 5.75 Å². The largest absolute Gasteiger partial charge is 0.493 e. The van der Waals surface area contributed by atoms with Gasteiger partial charge in [-0.3, -0.25) is 0 Å². The number of para-hydroxylation sites is 2. The van der Waals surface area contributed by atoms with E-state index in [0.29, 0.717) is 6.61 Å². The highest BCUT2D eigenvalue weighted by Crippen LogP contribution is 2.16. The van der Waals surface area contributed by atoms with Crippen LogP contribution in [0.2, 0.25) is 0 Å². The van der Waals surface area contributed by atoms with Gasteiger partial charge in [0.1, 0.15) is 5.75 Å². The zero-order valence-corrected chi connectivity index (χ0v) is 13.4. The molecule has 4 nitrogen and oxygen atoms in total. The van der Waals surface area contributed by atoms with Crippen LogP contribution in [-0.4, -0.2) is 17.4 Å². The molecule has 112 valence electrons. The van der Waals surface area contributed by atoms with Gasteiger partial charge in [-0.05, 0) is 31.2 Å². The third-order valence-electron chi connectivity index (χ3n) is 3.27. The minimum atomic E-state index is 0.632. The van der Waals surface area contributed by atoms with Crippen molar-refractivity contribution >= 4 is 27.8 Å². The van der Waals surface area contributed by atoms with E-state index in [1.54, 1.807) is 17.6 Å². The summed E-state index contributed by atoms with van der Waals surface area (Å²) in [5.74, 6) is 0.824. The summed E-state index contributed by atoms with van der Waals surface area (Å²) in [5.41, 5.74) is 2.09. The fourth-order valence-electron chi connectivity index (χ4n) is 2.19. The monoisotopic (exact) mass is 311 g/mol. The molecule has 0 radical (unpaired) electrons. The Morgan fingerprint density at radius 2 is 1.91 bits per heavy atom. The molecule has 1 aromatic heterocycles. The SMILES string of the molecule is CCOc1ccccc1/C=N/N=c1/sc2ccccc2n1C. The number of fused-ring (bicyclic) bond motifs is 1. The number of ether oxygens (including phenoxy) is 1. The summed E-state index contributed by atoms with van der Waals surface area (Å²) in [6, 6.07) is 16.0. The van der Waals surface area contributed by atoms with Gasteiger partial charge in [0.25, 0.3) is 0 Å². The average Bonchev–Trinajstić information content (AvgIpc) is 2.86. The van der Waals surface area contributed by atoms with E-state index in [1.165, 1.54) is 4.70 Å². The maximum Gasteiger partial charge on any atom is 0.211 e. The normalized spacial score (nSPS) is 12.4. The predicted octanol–water partition coefficient (Wildman–Crippen LogP) is 3.57. The number of hydrogen-bond donors (Lipinski definition) is 0. The number of aromatic nitrogens is 1. The fourth-order valence-corrected chi connectivity index (χ4v) is 3.17. The Balaban J connectivity index is 1.94. The molecule has 5 heteroatoms. The summed E-state index contributed by atoms with van der Waals surface area (Å²) in [7, 11) is 2.00. The van der Waals surface area contributed by atoms with E-state index in [2.05, 4.69) is 22.3 Å². The molecule has 0 bridgehead atoms. The Kier molecular flexibility index (Phi) is 4.34. The van der Waals surface area contributed by atoms with Crippen LogP contribution < -0.4 is 9.54 Å². The highest BCUT2D eigenvalue weighted by molar-refractivity contribution is 7.16. The molecule has 0 aliphatic heterocycles. The molecule has 2 aromatic carbocycles. The highest BCUT2D eigenvalue weighted by atomic mass is 32.1. The Morgan fingerprint density at radius 3 is 2.73 bits per heavy atom. The first-order valence-corrected chi connectivity index (χ1v) is 7.94. The van der Waals surface area contributed by atoms with Crippen molar-refractivity contribution in [2.45, 2.75) is 6.92 Å². The molecule has 0 amide bonds. The van der Waals surface area contributed by atoms with Crippen molar-refractivity contribution in [2.24, 2.45) is 17.3 Å². The van der Waals surface area contributed by atoms with Crippen molar-refractivity contribution in [3.63, 3.8) is 0 Å². The number of aryl methyl sites for hydroxylation is 1. The van der Waals surface area contributed by atoms with E-state index >= 15 is 0 Å². The smallest absolute Gasteiger partial charge is 0.211 e. The number of rotatable bonds is 4. The van der Waals surface area contributed by atoms with Crippen LogP contribution in [-0.2, 0) is 7.05 Å². The van der Waals surface area contributed by atoms with Gasteiger partial charge in [0.05, 0.1) is 23.0 Å². The number of nitrogens with zero attached hydrogens (tertiary/aromatic N) is 3. The van der Waals surface area contributed by atoms with Crippen LogP contribution in [0.4, 0.5) is 0 Å². The molecule has 0 fully saturated rings. The Hall–Kier alpha value is -2.40. The third kappa shape index (κ3) is 2.94. The zero-order chi connectivity index (χ0) is 15.4. The second kappa shape index (κ2) is 6.58. The average molecular weight is 311 g/mol. The number of benzene rings is 2. The summed E-state index contributed by atoms with van der Waals surface area (Å²) in [6.07, 6.45) is 1.73. The first-order chi connectivity index (χ1) is 10.8. The van der Waals surface area contributed by atoms with Gasteiger partial charge in [0, 0.05) is 12.6 Å². The second-order valence-electron chi connectivity index (χ2n) is 4.73. The molecule has 0 unspecified atom stereocenters. The quantitative estimate of drug-likeness (QED) is 0.536.